The fraction of sp³-hybridized carbons (Fsp3) is 0.700. The minimum atomic E-state index is -0.859. The van der Waals surface area contributed by atoms with Crippen molar-refractivity contribution in [1.29, 1.82) is 0 Å². The highest BCUT2D eigenvalue weighted by molar-refractivity contribution is 5.85. The van der Waals surface area contributed by atoms with Crippen LogP contribution in [0, 0.1) is 5.92 Å². The Labute approximate surface area is 78.4 Å². The van der Waals surface area contributed by atoms with Gasteiger partial charge in [0, 0.05) is 12.2 Å². The van der Waals surface area contributed by atoms with E-state index >= 15 is 0 Å². The molecule has 1 saturated heterocycles. The summed E-state index contributed by atoms with van der Waals surface area (Å²) in [4.78, 5) is 10.5. The molecule has 3 heteroatoms. The van der Waals surface area contributed by atoms with Crippen LogP contribution in [0.3, 0.4) is 0 Å². The van der Waals surface area contributed by atoms with Crippen LogP contribution in [-0.4, -0.2) is 23.8 Å². The number of ether oxygens (including phenoxy) is 1. The summed E-state index contributed by atoms with van der Waals surface area (Å²) in [6.45, 7) is 4.51. The fourth-order valence-electron chi connectivity index (χ4n) is 1.47. The van der Waals surface area contributed by atoms with E-state index in [9.17, 15) is 4.79 Å². The molecule has 1 heterocycles. The largest absolute Gasteiger partial charge is 0.478 e. The van der Waals surface area contributed by atoms with Gasteiger partial charge in [-0.1, -0.05) is 6.92 Å². The van der Waals surface area contributed by atoms with Crippen molar-refractivity contribution in [2.24, 2.45) is 5.92 Å². The van der Waals surface area contributed by atoms with Crippen molar-refractivity contribution in [3.05, 3.63) is 11.6 Å². The number of carbonyl (C=O) groups is 1. The molecular formula is C10H16O3. The van der Waals surface area contributed by atoms with Crippen LogP contribution in [0.1, 0.15) is 26.7 Å². The molecule has 0 spiro atoms. The summed E-state index contributed by atoms with van der Waals surface area (Å²) < 4.78 is 5.43. The van der Waals surface area contributed by atoms with Gasteiger partial charge in [-0.2, -0.15) is 0 Å². The summed E-state index contributed by atoms with van der Waals surface area (Å²) in [5.41, 5.74) is 0.374. The molecule has 0 bridgehead atoms. The Kier molecular flexibility index (Phi) is 3.48. The fourth-order valence-corrected chi connectivity index (χ4v) is 1.47. The number of hydrogen-bond acceptors (Lipinski definition) is 2. The molecular weight excluding hydrogens is 168 g/mol. The topological polar surface area (TPSA) is 46.5 Å². The van der Waals surface area contributed by atoms with Gasteiger partial charge >= 0.3 is 5.97 Å². The molecule has 0 saturated carbocycles. The molecule has 1 aliphatic rings. The van der Waals surface area contributed by atoms with E-state index in [0.29, 0.717) is 11.5 Å². The van der Waals surface area contributed by atoms with Crippen molar-refractivity contribution in [1.82, 2.24) is 0 Å². The summed E-state index contributed by atoms with van der Waals surface area (Å²) in [5, 5.41) is 8.65. The minimum Gasteiger partial charge on any atom is -0.478 e. The van der Waals surface area contributed by atoms with Crippen molar-refractivity contribution in [2.75, 3.05) is 6.61 Å². The molecule has 0 aromatic heterocycles. The first kappa shape index (κ1) is 10.3. The standard InChI is InChI=1S/C10H16O3/c1-7-3-4-13-9(5-7)6-8(2)10(11)12/h6-7,9H,3-5H2,1-2H3,(H,11,12)/b8-6+/t7-,9+/m1/s1. The molecule has 1 aliphatic heterocycles. The first-order valence-electron chi connectivity index (χ1n) is 4.63. The van der Waals surface area contributed by atoms with E-state index in [1.807, 2.05) is 0 Å². The van der Waals surface area contributed by atoms with E-state index in [2.05, 4.69) is 6.92 Å². The quantitative estimate of drug-likeness (QED) is 0.666. The lowest BCUT2D eigenvalue weighted by Gasteiger charge is -2.25. The van der Waals surface area contributed by atoms with E-state index < -0.39 is 5.97 Å². The van der Waals surface area contributed by atoms with Crippen LogP contribution >= 0.6 is 0 Å². The van der Waals surface area contributed by atoms with E-state index in [4.69, 9.17) is 9.84 Å². The highest BCUT2D eigenvalue weighted by atomic mass is 16.5. The predicted octanol–water partition coefficient (Wildman–Crippen LogP) is 1.83. The van der Waals surface area contributed by atoms with Gasteiger partial charge in [0.15, 0.2) is 0 Å². The second-order valence-corrected chi connectivity index (χ2v) is 3.69. The third-order valence-electron chi connectivity index (χ3n) is 2.35. The minimum absolute atomic E-state index is 0.000139. The molecule has 0 aromatic carbocycles. The molecule has 3 nitrogen and oxygen atoms in total. The lowest BCUT2D eigenvalue weighted by molar-refractivity contribution is -0.132. The first-order valence-corrected chi connectivity index (χ1v) is 4.63. The van der Waals surface area contributed by atoms with E-state index in [0.717, 1.165) is 19.4 Å². The monoisotopic (exact) mass is 184 g/mol. The number of carboxylic acids is 1. The average Bonchev–Trinajstić information content (AvgIpc) is 2.04. The third-order valence-corrected chi connectivity index (χ3v) is 2.35. The Morgan fingerprint density at radius 3 is 2.85 bits per heavy atom. The molecule has 1 N–H and O–H groups in total. The van der Waals surface area contributed by atoms with Gasteiger partial charge in [0.25, 0.3) is 0 Å². The molecule has 1 rings (SSSR count). The number of carboxylic acid groups (broad SMARTS) is 1. The maximum absolute atomic E-state index is 10.5. The van der Waals surface area contributed by atoms with Crippen LogP contribution in [0.4, 0.5) is 0 Å². The maximum atomic E-state index is 10.5. The zero-order valence-electron chi connectivity index (χ0n) is 8.12. The molecule has 0 unspecified atom stereocenters. The third kappa shape index (κ3) is 3.19. The summed E-state index contributed by atoms with van der Waals surface area (Å²) in [7, 11) is 0. The highest BCUT2D eigenvalue weighted by Crippen LogP contribution is 2.20. The van der Waals surface area contributed by atoms with Crippen molar-refractivity contribution >= 4 is 5.97 Å². The van der Waals surface area contributed by atoms with Crippen LogP contribution in [0.2, 0.25) is 0 Å². The predicted molar refractivity (Wildman–Crippen MR) is 49.5 cm³/mol. The molecule has 1 fully saturated rings. The van der Waals surface area contributed by atoms with Gasteiger partial charge in [0.05, 0.1) is 6.10 Å². The van der Waals surface area contributed by atoms with Crippen molar-refractivity contribution in [3.8, 4) is 0 Å². The summed E-state index contributed by atoms with van der Waals surface area (Å²) in [5.74, 6) is -0.224. The Morgan fingerprint density at radius 2 is 2.31 bits per heavy atom. The van der Waals surface area contributed by atoms with Gasteiger partial charge in [-0.25, -0.2) is 4.79 Å². The SMILES string of the molecule is C/C(=C\[C@@H]1C[C@H](C)CCO1)C(=O)O. The maximum Gasteiger partial charge on any atom is 0.331 e. The van der Waals surface area contributed by atoms with E-state index in [1.54, 1.807) is 13.0 Å². The zero-order valence-corrected chi connectivity index (χ0v) is 8.12. The highest BCUT2D eigenvalue weighted by Gasteiger charge is 2.18. The molecule has 0 aliphatic carbocycles. The summed E-state index contributed by atoms with van der Waals surface area (Å²) >= 11 is 0. The Hall–Kier alpha value is -0.830. The number of aliphatic carboxylic acids is 1. The Balaban J connectivity index is 2.52. The summed E-state index contributed by atoms with van der Waals surface area (Å²) in [6, 6.07) is 0. The van der Waals surface area contributed by atoms with Gasteiger partial charge in [-0.15, -0.1) is 0 Å². The molecule has 0 aromatic rings. The molecule has 0 radical (unpaired) electrons. The van der Waals surface area contributed by atoms with E-state index in [-0.39, 0.29) is 6.10 Å². The number of rotatable bonds is 2. The molecule has 74 valence electrons. The summed E-state index contributed by atoms with van der Waals surface area (Å²) in [6.07, 6.45) is 3.72. The normalized spacial score (nSPS) is 30.2. The van der Waals surface area contributed by atoms with Gasteiger partial charge in [-0.05, 0) is 31.8 Å². The van der Waals surface area contributed by atoms with Crippen molar-refractivity contribution < 1.29 is 14.6 Å². The average molecular weight is 184 g/mol. The second kappa shape index (κ2) is 4.42. The van der Waals surface area contributed by atoms with Crippen LogP contribution in [-0.2, 0) is 9.53 Å². The van der Waals surface area contributed by atoms with Crippen LogP contribution in [0.5, 0.6) is 0 Å². The first-order chi connectivity index (χ1) is 6.09. The van der Waals surface area contributed by atoms with Crippen LogP contribution in [0.25, 0.3) is 0 Å². The lowest BCUT2D eigenvalue weighted by Crippen LogP contribution is -2.23. The second-order valence-electron chi connectivity index (χ2n) is 3.69. The molecule has 0 amide bonds. The van der Waals surface area contributed by atoms with Crippen LogP contribution < -0.4 is 0 Å². The van der Waals surface area contributed by atoms with Gasteiger partial charge in [-0.3, -0.25) is 0 Å². The molecule has 13 heavy (non-hydrogen) atoms. The molecule has 2 atom stereocenters. The Bertz CT molecular complexity index is 220. The van der Waals surface area contributed by atoms with Gasteiger partial charge in [0.2, 0.25) is 0 Å². The lowest BCUT2D eigenvalue weighted by atomic mass is 9.96. The van der Waals surface area contributed by atoms with E-state index in [1.165, 1.54) is 0 Å². The Morgan fingerprint density at radius 1 is 1.62 bits per heavy atom. The van der Waals surface area contributed by atoms with Crippen LogP contribution in [0.15, 0.2) is 11.6 Å². The van der Waals surface area contributed by atoms with Crippen molar-refractivity contribution in [2.45, 2.75) is 32.8 Å². The van der Waals surface area contributed by atoms with Crippen molar-refractivity contribution in [3.63, 3.8) is 0 Å². The van der Waals surface area contributed by atoms with Gasteiger partial charge in [0.1, 0.15) is 0 Å². The number of hydrogen-bond donors (Lipinski definition) is 1. The smallest absolute Gasteiger partial charge is 0.331 e. The zero-order chi connectivity index (χ0) is 9.84. The van der Waals surface area contributed by atoms with Gasteiger partial charge < -0.3 is 9.84 Å².